The molecule has 0 spiro atoms. The second-order valence-electron chi connectivity index (χ2n) is 3.35. The van der Waals surface area contributed by atoms with E-state index in [2.05, 4.69) is 19.8 Å². The van der Waals surface area contributed by atoms with Gasteiger partial charge in [0.05, 0.1) is 6.54 Å². The van der Waals surface area contributed by atoms with Crippen LogP contribution in [0.2, 0.25) is 0 Å². The summed E-state index contributed by atoms with van der Waals surface area (Å²) >= 11 is 0. The maximum atomic E-state index is 13.3. The molecule has 0 amide bonds. The summed E-state index contributed by atoms with van der Waals surface area (Å²) in [5.74, 6) is -0.452. The average Bonchev–Trinajstić information content (AvgIpc) is 2.73. The zero-order valence-electron chi connectivity index (χ0n) is 9.29. The molecule has 0 aliphatic heterocycles. The molecule has 0 atom stereocenters. The fraction of sp³-hybridized carbons (Fsp3) is 0.222. The van der Waals surface area contributed by atoms with Gasteiger partial charge in [0.1, 0.15) is 0 Å². The summed E-state index contributed by atoms with van der Waals surface area (Å²) in [4.78, 5) is 7.29. The fourth-order valence-corrected chi connectivity index (χ4v) is 2.18. The SMILES string of the molecule is Cc1noc(CNS(=O)(=O)c2ncccc2F)n1. The van der Waals surface area contributed by atoms with E-state index in [9.17, 15) is 12.8 Å². The number of nitrogens with zero attached hydrogens (tertiary/aromatic N) is 3. The van der Waals surface area contributed by atoms with Crippen molar-refractivity contribution in [1.29, 1.82) is 0 Å². The average molecular weight is 272 g/mol. The molecule has 2 rings (SSSR count). The van der Waals surface area contributed by atoms with Crippen molar-refractivity contribution >= 4 is 10.0 Å². The highest BCUT2D eigenvalue weighted by Crippen LogP contribution is 2.10. The monoisotopic (exact) mass is 272 g/mol. The van der Waals surface area contributed by atoms with Crippen molar-refractivity contribution in [3.8, 4) is 0 Å². The van der Waals surface area contributed by atoms with Crippen LogP contribution in [0.25, 0.3) is 0 Å². The van der Waals surface area contributed by atoms with Crippen molar-refractivity contribution in [1.82, 2.24) is 19.8 Å². The molecular weight excluding hydrogens is 263 g/mol. The van der Waals surface area contributed by atoms with E-state index in [1.807, 2.05) is 0 Å². The molecule has 0 saturated carbocycles. The van der Waals surface area contributed by atoms with Gasteiger partial charge in [-0.05, 0) is 19.1 Å². The molecule has 0 aliphatic carbocycles. The Morgan fingerprint density at radius 2 is 2.28 bits per heavy atom. The minimum atomic E-state index is -4.04. The second-order valence-corrected chi connectivity index (χ2v) is 5.03. The third-order valence-corrected chi connectivity index (χ3v) is 3.30. The normalized spacial score (nSPS) is 11.7. The van der Waals surface area contributed by atoms with E-state index in [1.165, 1.54) is 12.3 Å². The standard InChI is InChI=1S/C9H9FN4O3S/c1-6-13-8(17-14-6)5-12-18(15,16)9-7(10)3-2-4-11-9/h2-4,12H,5H2,1H3. The van der Waals surface area contributed by atoms with Crippen LogP contribution in [0.1, 0.15) is 11.7 Å². The van der Waals surface area contributed by atoms with Gasteiger partial charge in [-0.1, -0.05) is 5.16 Å². The third-order valence-electron chi connectivity index (χ3n) is 1.96. The first-order valence-electron chi connectivity index (χ1n) is 4.88. The molecule has 0 aromatic carbocycles. The smallest absolute Gasteiger partial charge is 0.261 e. The third kappa shape index (κ3) is 2.68. The lowest BCUT2D eigenvalue weighted by molar-refractivity contribution is 0.371. The number of aryl methyl sites for hydroxylation is 1. The van der Waals surface area contributed by atoms with Gasteiger partial charge >= 0.3 is 0 Å². The van der Waals surface area contributed by atoms with Crippen LogP contribution >= 0.6 is 0 Å². The summed E-state index contributed by atoms with van der Waals surface area (Å²) in [5, 5.41) is 2.83. The number of sulfonamides is 1. The predicted octanol–water partition coefficient (Wildman–Crippen LogP) is 0.391. The summed E-state index contributed by atoms with van der Waals surface area (Å²) in [7, 11) is -4.04. The summed E-state index contributed by atoms with van der Waals surface area (Å²) in [6, 6.07) is 2.31. The van der Waals surface area contributed by atoms with Gasteiger partial charge in [-0.25, -0.2) is 22.5 Å². The Hall–Kier alpha value is -1.87. The number of hydrogen-bond acceptors (Lipinski definition) is 6. The molecule has 0 unspecified atom stereocenters. The summed E-state index contributed by atoms with van der Waals surface area (Å²) < 4.78 is 43.6. The molecule has 9 heteroatoms. The Kier molecular flexibility index (Phi) is 3.34. The molecule has 2 aromatic rings. The highest BCUT2D eigenvalue weighted by Gasteiger charge is 2.20. The highest BCUT2D eigenvalue weighted by molar-refractivity contribution is 7.89. The molecule has 1 N–H and O–H groups in total. The Morgan fingerprint density at radius 1 is 1.50 bits per heavy atom. The fourth-order valence-electron chi connectivity index (χ4n) is 1.21. The van der Waals surface area contributed by atoms with Gasteiger partial charge < -0.3 is 4.52 Å². The van der Waals surface area contributed by atoms with E-state index in [0.29, 0.717) is 5.82 Å². The van der Waals surface area contributed by atoms with E-state index in [-0.39, 0.29) is 12.4 Å². The lowest BCUT2D eigenvalue weighted by Gasteiger charge is -2.03. The Morgan fingerprint density at radius 3 is 2.89 bits per heavy atom. The van der Waals surface area contributed by atoms with Crippen LogP contribution in [0.15, 0.2) is 27.9 Å². The Balaban J connectivity index is 2.16. The number of pyridine rings is 1. The molecule has 0 radical (unpaired) electrons. The van der Waals surface area contributed by atoms with Gasteiger partial charge in [0.2, 0.25) is 10.9 Å². The minimum Gasteiger partial charge on any atom is -0.338 e. The van der Waals surface area contributed by atoms with Gasteiger partial charge in [0.25, 0.3) is 10.0 Å². The van der Waals surface area contributed by atoms with Crippen LogP contribution in [0, 0.1) is 12.7 Å². The van der Waals surface area contributed by atoms with Crippen molar-refractivity contribution in [2.45, 2.75) is 18.5 Å². The van der Waals surface area contributed by atoms with Crippen LogP contribution in [0.5, 0.6) is 0 Å². The molecule has 0 aliphatic rings. The molecule has 96 valence electrons. The van der Waals surface area contributed by atoms with E-state index < -0.39 is 20.9 Å². The summed E-state index contributed by atoms with van der Waals surface area (Å²) in [5.41, 5.74) is 0. The first-order chi connectivity index (χ1) is 8.49. The summed E-state index contributed by atoms with van der Waals surface area (Å²) in [6.07, 6.45) is 1.19. The van der Waals surface area contributed by atoms with E-state index in [1.54, 1.807) is 6.92 Å². The summed E-state index contributed by atoms with van der Waals surface area (Å²) in [6.45, 7) is 1.37. The van der Waals surface area contributed by atoms with E-state index >= 15 is 0 Å². The first-order valence-corrected chi connectivity index (χ1v) is 6.37. The van der Waals surface area contributed by atoms with Crippen LogP contribution in [-0.4, -0.2) is 23.5 Å². The maximum Gasteiger partial charge on any atom is 0.261 e. The lowest BCUT2D eigenvalue weighted by Crippen LogP contribution is -2.25. The molecular formula is C9H9FN4O3S. The van der Waals surface area contributed by atoms with Crippen molar-refractivity contribution in [3.05, 3.63) is 35.9 Å². The molecule has 0 fully saturated rings. The topological polar surface area (TPSA) is 98.0 Å². The van der Waals surface area contributed by atoms with Gasteiger partial charge in [-0.3, -0.25) is 0 Å². The Bertz CT molecular complexity index is 655. The lowest BCUT2D eigenvalue weighted by atomic mass is 10.5. The van der Waals surface area contributed by atoms with Crippen LogP contribution in [0.4, 0.5) is 4.39 Å². The van der Waals surface area contributed by atoms with Gasteiger partial charge in [-0.2, -0.15) is 4.98 Å². The van der Waals surface area contributed by atoms with E-state index in [4.69, 9.17) is 4.52 Å². The van der Waals surface area contributed by atoms with Gasteiger partial charge in [-0.15, -0.1) is 0 Å². The zero-order valence-corrected chi connectivity index (χ0v) is 10.1. The van der Waals surface area contributed by atoms with Gasteiger partial charge in [0.15, 0.2) is 11.6 Å². The van der Waals surface area contributed by atoms with Crippen molar-refractivity contribution in [2.75, 3.05) is 0 Å². The van der Waals surface area contributed by atoms with Crippen molar-refractivity contribution in [2.24, 2.45) is 0 Å². The molecule has 0 saturated heterocycles. The number of hydrogen-bond donors (Lipinski definition) is 1. The van der Waals surface area contributed by atoms with E-state index in [0.717, 1.165) is 6.07 Å². The second kappa shape index (κ2) is 4.78. The number of rotatable bonds is 4. The quantitative estimate of drug-likeness (QED) is 0.864. The van der Waals surface area contributed by atoms with Crippen molar-refractivity contribution in [3.63, 3.8) is 0 Å². The molecule has 0 bridgehead atoms. The van der Waals surface area contributed by atoms with Crippen LogP contribution in [-0.2, 0) is 16.6 Å². The molecule has 18 heavy (non-hydrogen) atoms. The maximum absolute atomic E-state index is 13.3. The highest BCUT2D eigenvalue weighted by atomic mass is 32.2. The molecule has 2 aromatic heterocycles. The molecule has 7 nitrogen and oxygen atoms in total. The van der Waals surface area contributed by atoms with Crippen molar-refractivity contribution < 1.29 is 17.3 Å². The number of aromatic nitrogens is 3. The minimum absolute atomic E-state index is 0.0902. The number of halogens is 1. The molecule has 2 heterocycles. The van der Waals surface area contributed by atoms with Crippen LogP contribution in [0.3, 0.4) is 0 Å². The predicted molar refractivity (Wildman–Crippen MR) is 57.3 cm³/mol. The zero-order chi connectivity index (χ0) is 13.2. The van der Waals surface area contributed by atoms with Crippen LogP contribution < -0.4 is 4.72 Å². The number of nitrogens with one attached hydrogen (secondary N) is 1. The van der Waals surface area contributed by atoms with Gasteiger partial charge in [0, 0.05) is 6.20 Å². The largest absolute Gasteiger partial charge is 0.338 e. The first kappa shape index (κ1) is 12.6. The Labute approximate surface area is 102 Å².